The van der Waals surface area contributed by atoms with E-state index in [1.807, 2.05) is 26.0 Å². The summed E-state index contributed by atoms with van der Waals surface area (Å²) in [6.45, 7) is 4.46. The molecule has 0 N–H and O–H groups in total. The minimum Gasteiger partial charge on any atom is -0.545 e. The van der Waals surface area contributed by atoms with Crippen molar-refractivity contribution in [3.63, 3.8) is 0 Å². The van der Waals surface area contributed by atoms with Crippen molar-refractivity contribution in [1.29, 1.82) is 0 Å². The predicted molar refractivity (Wildman–Crippen MR) is 88.6 cm³/mol. The molecule has 0 aromatic heterocycles. The van der Waals surface area contributed by atoms with Gasteiger partial charge in [0.25, 0.3) is 0 Å². The number of benzene rings is 2. The van der Waals surface area contributed by atoms with E-state index < -0.39 is 5.97 Å². The Labute approximate surface area is 139 Å². The van der Waals surface area contributed by atoms with E-state index in [1.54, 1.807) is 11.0 Å². The van der Waals surface area contributed by atoms with Crippen molar-refractivity contribution in [2.45, 2.75) is 25.3 Å². The third kappa shape index (κ3) is 3.10. The van der Waals surface area contributed by atoms with Crippen LogP contribution in [0, 0.1) is 13.8 Å². The lowest BCUT2D eigenvalue weighted by Crippen LogP contribution is -2.35. The van der Waals surface area contributed by atoms with Gasteiger partial charge in [-0.3, -0.25) is 4.79 Å². The SMILES string of the molecule is Cc1ccc(C)c(CN2C(=O)CSc3ccc(C(=O)[O-])cc32)c1. The summed E-state index contributed by atoms with van der Waals surface area (Å²) in [6, 6.07) is 10.9. The van der Waals surface area contributed by atoms with Crippen molar-refractivity contribution in [2.24, 2.45) is 0 Å². The smallest absolute Gasteiger partial charge is 0.237 e. The van der Waals surface area contributed by atoms with E-state index in [0.29, 0.717) is 18.0 Å². The van der Waals surface area contributed by atoms with Crippen molar-refractivity contribution in [3.8, 4) is 0 Å². The fourth-order valence-electron chi connectivity index (χ4n) is 2.64. The average molecular weight is 326 g/mol. The molecule has 0 unspecified atom stereocenters. The van der Waals surface area contributed by atoms with E-state index >= 15 is 0 Å². The molecule has 0 aliphatic carbocycles. The Balaban J connectivity index is 2.02. The molecule has 0 atom stereocenters. The standard InChI is InChI=1S/C18H17NO3S/c1-11-3-4-12(2)14(7-11)9-19-15-8-13(18(21)22)5-6-16(15)23-10-17(19)20/h3-8H,9-10H2,1-2H3,(H,21,22)/p-1. The fraction of sp³-hybridized carbons (Fsp3) is 0.222. The van der Waals surface area contributed by atoms with E-state index in [2.05, 4.69) is 6.07 Å². The Morgan fingerprint density at radius 3 is 2.74 bits per heavy atom. The summed E-state index contributed by atoms with van der Waals surface area (Å²) < 4.78 is 0. The Bertz CT molecular complexity index is 801. The van der Waals surface area contributed by atoms with E-state index in [0.717, 1.165) is 21.6 Å². The topological polar surface area (TPSA) is 60.4 Å². The normalized spacial score (nSPS) is 13.8. The molecule has 2 aromatic rings. The second-order valence-electron chi connectivity index (χ2n) is 5.67. The van der Waals surface area contributed by atoms with Crippen LogP contribution in [-0.4, -0.2) is 17.6 Å². The Kier molecular flexibility index (Phi) is 4.13. The number of fused-ring (bicyclic) bond motifs is 1. The van der Waals surface area contributed by atoms with Crippen LogP contribution in [0.1, 0.15) is 27.0 Å². The number of amides is 1. The van der Waals surface area contributed by atoms with Gasteiger partial charge in [0.15, 0.2) is 0 Å². The second-order valence-corrected chi connectivity index (χ2v) is 6.69. The quantitative estimate of drug-likeness (QED) is 0.868. The highest BCUT2D eigenvalue weighted by Crippen LogP contribution is 2.37. The molecule has 0 fully saturated rings. The summed E-state index contributed by atoms with van der Waals surface area (Å²) >= 11 is 1.43. The van der Waals surface area contributed by atoms with Crippen molar-refractivity contribution in [3.05, 3.63) is 58.7 Å². The molecule has 23 heavy (non-hydrogen) atoms. The van der Waals surface area contributed by atoms with Crippen LogP contribution in [0.25, 0.3) is 0 Å². The maximum Gasteiger partial charge on any atom is 0.237 e. The molecule has 2 aromatic carbocycles. The number of rotatable bonds is 3. The summed E-state index contributed by atoms with van der Waals surface area (Å²) in [5.41, 5.74) is 4.04. The molecule has 0 radical (unpaired) electrons. The minimum absolute atomic E-state index is 0.0149. The number of anilines is 1. The molecular formula is C18H16NO3S-. The van der Waals surface area contributed by atoms with Gasteiger partial charge in [0.2, 0.25) is 5.91 Å². The van der Waals surface area contributed by atoms with Gasteiger partial charge in [-0.25, -0.2) is 0 Å². The largest absolute Gasteiger partial charge is 0.545 e. The van der Waals surface area contributed by atoms with Gasteiger partial charge in [0.05, 0.1) is 24.0 Å². The molecule has 1 heterocycles. The van der Waals surface area contributed by atoms with Gasteiger partial charge < -0.3 is 14.8 Å². The number of thioether (sulfide) groups is 1. The lowest BCUT2D eigenvalue weighted by molar-refractivity contribution is -0.255. The minimum atomic E-state index is -1.23. The molecule has 1 amide bonds. The first-order valence-electron chi connectivity index (χ1n) is 7.30. The summed E-state index contributed by atoms with van der Waals surface area (Å²) in [6.07, 6.45) is 0. The predicted octanol–water partition coefficient (Wildman–Crippen LogP) is 2.31. The molecule has 0 bridgehead atoms. The zero-order valence-corrected chi connectivity index (χ0v) is 13.8. The highest BCUT2D eigenvalue weighted by Gasteiger charge is 2.25. The molecular weight excluding hydrogens is 310 g/mol. The van der Waals surface area contributed by atoms with E-state index in [-0.39, 0.29) is 11.5 Å². The number of hydrogen-bond donors (Lipinski definition) is 0. The average Bonchev–Trinajstić information content (AvgIpc) is 2.53. The summed E-state index contributed by atoms with van der Waals surface area (Å²) in [5, 5.41) is 11.1. The summed E-state index contributed by atoms with van der Waals surface area (Å²) in [5.74, 6) is -0.885. The number of carbonyl (C=O) groups excluding carboxylic acids is 2. The van der Waals surface area contributed by atoms with Gasteiger partial charge in [0.1, 0.15) is 0 Å². The molecule has 0 spiro atoms. The van der Waals surface area contributed by atoms with Crippen molar-refractivity contribution in [1.82, 2.24) is 0 Å². The third-order valence-electron chi connectivity index (χ3n) is 3.97. The zero-order valence-electron chi connectivity index (χ0n) is 13.0. The number of carboxylic acids is 1. The zero-order chi connectivity index (χ0) is 16.6. The number of hydrogen-bond acceptors (Lipinski definition) is 4. The van der Waals surface area contributed by atoms with Gasteiger partial charge >= 0.3 is 0 Å². The van der Waals surface area contributed by atoms with Crippen LogP contribution in [0.5, 0.6) is 0 Å². The fourth-order valence-corrected chi connectivity index (χ4v) is 3.56. The van der Waals surface area contributed by atoms with Crippen LogP contribution in [0.15, 0.2) is 41.3 Å². The number of aromatic carboxylic acids is 1. The number of carboxylic acid groups (broad SMARTS) is 1. The van der Waals surface area contributed by atoms with Gasteiger partial charge in [0, 0.05) is 4.90 Å². The first kappa shape index (κ1) is 15.6. The van der Waals surface area contributed by atoms with E-state index in [4.69, 9.17) is 0 Å². The number of aryl methyl sites for hydroxylation is 2. The van der Waals surface area contributed by atoms with Gasteiger partial charge in [-0.05, 0) is 42.7 Å². The van der Waals surface area contributed by atoms with Gasteiger partial charge in [-0.15, -0.1) is 11.8 Å². The second kappa shape index (κ2) is 6.08. The molecule has 0 saturated heterocycles. The van der Waals surface area contributed by atoms with Crippen LogP contribution in [0.2, 0.25) is 0 Å². The van der Waals surface area contributed by atoms with E-state index in [9.17, 15) is 14.7 Å². The first-order chi connectivity index (χ1) is 11.0. The summed E-state index contributed by atoms with van der Waals surface area (Å²) in [4.78, 5) is 26.1. The molecule has 3 rings (SSSR count). The van der Waals surface area contributed by atoms with E-state index in [1.165, 1.54) is 23.9 Å². The van der Waals surface area contributed by atoms with Crippen LogP contribution >= 0.6 is 11.8 Å². The van der Waals surface area contributed by atoms with Gasteiger partial charge in [-0.2, -0.15) is 0 Å². The lowest BCUT2D eigenvalue weighted by Gasteiger charge is -2.30. The van der Waals surface area contributed by atoms with Crippen molar-refractivity contribution in [2.75, 3.05) is 10.7 Å². The molecule has 5 heteroatoms. The molecule has 118 valence electrons. The molecule has 1 aliphatic rings. The monoisotopic (exact) mass is 326 g/mol. The lowest BCUT2D eigenvalue weighted by atomic mass is 10.0. The third-order valence-corrected chi connectivity index (χ3v) is 5.02. The Morgan fingerprint density at radius 1 is 1.22 bits per heavy atom. The highest BCUT2D eigenvalue weighted by molar-refractivity contribution is 8.00. The maximum atomic E-state index is 12.4. The van der Waals surface area contributed by atoms with Gasteiger partial charge in [-0.1, -0.05) is 29.8 Å². The molecule has 0 saturated carbocycles. The molecule has 1 aliphatic heterocycles. The first-order valence-corrected chi connectivity index (χ1v) is 8.29. The van der Waals surface area contributed by atoms with Crippen molar-refractivity contribution >= 4 is 29.3 Å². The summed E-state index contributed by atoms with van der Waals surface area (Å²) in [7, 11) is 0. The molecule has 4 nitrogen and oxygen atoms in total. The van der Waals surface area contributed by atoms with Crippen LogP contribution < -0.4 is 10.0 Å². The van der Waals surface area contributed by atoms with Crippen LogP contribution in [0.4, 0.5) is 5.69 Å². The number of nitrogens with zero attached hydrogens (tertiary/aromatic N) is 1. The Morgan fingerprint density at radius 2 is 2.00 bits per heavy atom. The highest BCUT2D eigenvalue weighted by atomic mass is 32.2. The Hall–Kier alpha value is -2.27. The maximum absolute atomic E-state index is 12.4. The van der Waals surface area contributed by atoms with Crippen LogP contribution in [-0.2, 0) is 11.3 Å². The number of carbonyl (C=O) groups is 2. The van der Waals surface area contributed by atoms with Crippen molar-refractivity contribution < 1.29 is 14.7 Å². The van der Waals surface area contributed by atoms with Crippen LogP contribution in [0.3, 0.4) is 0 Å².